The summed E-state index contributed by atoms with van der Waals surface area (Å²) in [6.45, 7) is 1.74. The standard InChI is InChI=1S/C12H13N3O2/c1-15-5-4-7-2-3-8-10(9(7)6-15)13-12(16)11(8)14-17/h3-4,11H,2,5-6H2,1H3,(H,13,16). The number of carbonyl (C=O) groups is 1. The van der Waals surface area contributed by atoms with Gasteiger partial charge in [-0.3, -0.25) is 9.69 Å². The first-order valence-electron chi connectivity index (χ1n) is 5.65. The third-order valence-electron chi connectivity index (χ3n) is 3.49. The van der Waals surface area contributed by atoms with Crippen molar-refractivity contribution >= 4 is 5.91 Å². The quantitative estimate of drug-likeness (QED) is 0.676. The van der Waals surface area contributed by atoms with Crippen molar-refractivity contribution in [3.8, 4) is 0 Å². The zero-order valence-electron chi connectivity index (χ0n) is 9.56. The number of nitrogens with zero attached hydrogens (tertiary/aromatic N) is 2. The average Bonchev–Trinajstić information content (AvgIpc) is 2.65. The third kappa shape index (κ3) is 1.46. The molecular weight excluding hydrogens is 218 g/mol. The van der Waals surface area contributed by atoms with E-state index in [0.29, 0.717) is 0 Å². The van der Waals surface area contributed by atoms with Gasteiger partial charge in [0.15, 0.2) is 6.04 Å². The summed E-state index contributed by atoms with van der Waals surface area (Å²) in [4.78, 5) is 24.5. The molecule has 88 valence electrons. The monoisotopic (exact) mass is 231 g/mol. The van der Waals surface area contributed by atoms with Crippen molar-refractivity contribution in [3.05, 3.63) is 39.5 Å². The second-order valence-electron chi connectivity index (χ2n) is 4.64. The predicted octanol–water partition coefficient (Wildman–Crippen LogP) is 0.707. The van der Waals surface area contributed by atoms with Crippen LogP contribution in [-0.4, -0.2) is 37.0 Å². The molecule has 1 N–H and O–H groups in total. The van der Waals surface area contributed by atoms with Gasteiger partial charge in [0.25, 0.3) is 5.91 Å². The summed E-state index contributed by atoms with van der Waals surface area (Å²) in [5.41, 5.74) is 3.96. The van der Waals surface area contributed by atoms with E-state index >= 15 is 0 Å². The van der Waals surface area contributed by atoms with Gasteiger partial charge < -0.3 is 5.32 Å². The fraction of sp³-hybridized carbons (Fsp3) is 0.417. The van der Waals surface area contributed by atoms with Crippen LogP contribution in [0.4, 0.5) is 0 Å². The third-order valence-corrected chi connectivity index (χ3v) is 3.49. The molecule has 2 heterocycles. The van der Waals surface area contributed by atoms with Gasteiger partial charge in [0.2, 0.25) is 0 Å². The van der Waals surface area contributed by atoms with Crippen molar-refractivity contribution in [2.45, 2.75) is 12.5 Å². The lowest BCUT2D eigenvalue weighted by atomic mass is 9.88. The zero-order chi connectivity index (χ0) is 12.0. The molecule has 1 unspecified atom stereocenters. The summed E-state index contributed by atoms with van der Waals surface area (Å²) >= 11 is 0. The van der Waals surface area contributed by atoms with Gasteiger partial charge in [-0.1, -0.05) is 17.3 Å². The Morgan fingerprint density at radius 1 is 1.47 bits per heavy atom. The fourth-order valence-corrected chi connectivity index (χ4v) is 2.60. The molecule has 3 aliphatic rings. The molecule has 3 rings (SSSR count). The van der Waals surface area contributed by atoms with E-state index in [4.69, 9.17) is 0 Å². The summed E-state index contributed by atoms with van der Waals surface area (Å²) in [5, 5.41) is 5.70. The van der Waals surface area contributed by atoms with Crippen LogP contribution in [0.1, 0.15) is 6.42 Å². The van der Waals surface area contributed by atoms with E-state index in [1.807, 2.05) is 13.1 Å². The van der Waals surface area contributed by atoms with Gasteiger partial charge >= 0.3 is 0 Å². The number of carbonyl (C=O) groups excluding carboxylic acids is 1. The van der Waals surface area contributed by atoms with Crippen LogP contribution < -0.4 is 5.32 Å². The highest BCUT2D eigenvalue weighted by Crippen LogP contribution is 2.36. The van der Waals surface area contributed by atoms with Crippen molar-refractivity contribution in [3.63, 3.8) is 0 Å². The molecule has 1 fully saturated rings. The largest absolute Gasteiger partial charge is 0.323 e. The van der Waals surface area contributed by atoms with Crippen molar-refractivity contribution in [2.24, 2.45) is 5.18 Å². The summed E-state index contributed by atoms with van der Waals surface area (Å²) in [7, 11) is 2.03. The number of nitroso groups, excluding NO2 is 1. The topological polar surface area (TPSA) is 61.8 Å². The predicted molar refractivity (Wildman–Crippen MR) is 63.0 cm³/mol. The maximum atomic E-state index is 11.6. The minimum Gasteiger partial charge on any atom is -0.323 e. The molecule has 0 spiro atoms. The Morgan fingerprint density at radius 3 is 3.06 bits per heavy atom. The lowest BCUT2D eigenvalue weighted by Crippen LogP contribution is -2.29. The second kappa shape index (κ2) is 3.63. The molecule has 1 atom stereocenters. The number of hydrogen-bond donors (Lipinski definition) is 1. The summed E-state index contributed by atoms with van der Waals surface area (Å²) in [6.07, 6.45) is 4.91. The number of likely N-dealkylation sites (N-methyl/N-ethyl adjacent to an activating group) is 1. The molecule has 0 aromatic heterocycles. The maximum absolute atomic E-state index is 11.6. The van der Waals surface area contributed by atoms with E-state index < -0.39 is 6.04 Å². The Hall–Kier alpha value is -1.75. The van der Waals surface area contributed by atoms with E-state index in [0.717, 1.165) is 36.4 Å². The zero-order valence-corrected chi connectivity index (χ0v) is 9.56. The molecule has 17 heavy (non-hydrogen) atoms. The second-order valence-corrected chi connectivity index (χ2v) is 4.64. The van der Waals surface area contributed by atoms with Gasteiger partial charge in [0.1, 0.15) is 0 Å². The number of fused-ring (bicyclic) bond motifs is 2. The van der Waals surface area contributed by atoms with Gasteiger partial charge in [0, 0.05) is 18.7 Å². The highest BCUT2D eigenvalue weighted by atomic mass is 16.3. The Morgan fingerprint density at radius 2 is 2.29 bits per heavy atom. The van der Waals surface area contributed by atoms with E-state index in [2.05, 4.69) is 21.5 Å². The lowest BCUT2D eigenvalue weighted by Gasteiger charge is -2.28. The Bertz CT molecular complexity index is 502. The van der Waals surface area contributed by atoms with Crippen molar-refractivity contribution in [1.29, 1.82) is 0 Å². The Balaban J connectivity index is 2.09. The summed E-state index contributed by atoms with van der Waals surface area (Å²) in [6, 6.07) is -0.855. The Labute approximate surface area is 98.8 Å². The van der Waals surface area contributed by atoms with Crippen LogP contribution in [0, 0.1) is 4.91 Å². The number of amides is 1. The first-order chi connectivity index (χ1) is 8.20. The molecule has 1 amide bonds. The summed E-state index contributed by atoms with van der Waals surface area (Å²) < 4.78 is 0. The molecule has 0 bridgehead atoms. The van der Waals surface area contributed by atoms with E-state index in [1.165, 1.54) is 5.57 Å². The van der Waals surface area contributed by atoms with E-state index in [9.17, 15) is 9.70 Å². The van der Waals surface area contributed by atoms with Crippen LogP contribution in [0.25, 0.3) is 0 Å². The van der Waals surface area contributed by atoms with Crippen molar-refractivity contribution < 1.29 is 4.79 Å². The maximum Gasteiger partial charge on any atom is 0.257 e. The SMILES string of the molecule is CN1CC=C2CC=C3C(=C2C1)NC(=O)C3N=O. The van der Waals surface area contributed by atoms with Gasteiger partial charge in [-0.2, -0.15) is 0 Å². The van der Waals surface area contributed by atoms with Crippen LogP contribution in [0.2, 0.25) is 0 Å². The molecule has 0 aromatic carbocycles. The first kappa shape index (κ1) is 10.4. The van der Waals surface area contributed by atoms with Gasteiger partial charge in [-0.05, 0) is 24.6 Å². The number of rotatable bonds is 1. The van der Waals surface area contributed by atoms with E-state index in [-0.39, 0.29) is 5.91 Å². The highest BCUT2D eigenvalue weighted by molar-refractivity contribution is 5.94. The molecule has 0 aromatic rings. The molecule has 2 aliphatic heterocycles. The number of hydrogen-bond acceptors (Lipinski definition) is 4. The smallest absolute Gasteiger partial charge is 0.257 e. The lowest BCUT2D eigenvalue weighted by molar-refractivity contribution is -0.119. The highest BCUT2D eigenvalue weighted by Gasteiger charge is 2.38. The molecule has 5 nitrogen and oxygen atoms in total. The average molecular weight is 231 g/mol. The molecule has 5 heteroatoms. The first-order valence-corrected chi connectivity index (χ1v) is 5.65. The van der Waals surface area contributed by atoms with Crippen LogP contribution >= 0.6 is 0 Å². The minimum absolute atomic E-state index is 0.303. The summed E-state index contributed by atoms with van der Waals surface area (Å²) in [5.74, 6) is -0.303. The molecule has 1 aliphatic carbocycles. The van der Waals surface area contributed by atoms with Crippen molar-refractivity contribution in [1.82, 2.24) is 10.2 Å². The Kier molecular flexibility index (Phi) is 2.22. The number of allylic oxidation sites excluding steroid dienone is 1. The van der Waals surface area contributed by atoms with Gasteiger partial charge in [0.05, 0.1) is 5.70 Å². The van der Waals surface area contributed by atoms with Crippen molar-refractivity contribution in [2.75, 3.05) is 20.1 Å². The number of nitrogens with one attached hydrogen (secondary N) is 1. The normalized spacial score (nSPS) is 28.1. The van der Waals surface area contributed by atoms with Crippen LogP contribution in [0.5, 0.6) is 0 Å². The molecule has 1 saturated heterocycles. The van der Waals surface area contributed by atoms with Gasteiger partial charge in [-0.25, -0.2) is 0 Å². The fourth-order valence-electron chi connectivity index (χ4n) is 2.60. The van der Waals surface area contributed by atoms with E-state index in [1.54, 1.807) is 0 Å². The van der Waals surface area contributed by atoms with Crippen LogP contribution in [0.15, 0.2) is 39.7 Å². The van der Waals surface area contributed by atoms with Crippen LogP contribution in [-0.2, 0) is 4.79 Å². The molecular formula is C12H13N3O2. The van der Waals surface area contributed by atoms with Crippen LogP contribution in [0.3, 0.4) is 0 Å². The van der Waals surface area contributed by atoms with Gasteiger partial charge in [-0.15, -0.1) is 4.91 Å². The molecule has 0 saturated carbocycles. The molecule has 0 radical (unpaired) electrons. The minimum atomic E-state index is -0.855.